The lowest BCUT2D eigenvalue weighted by Crippen LogP contribution is -2.19. The van der Waals surface area contributed by atoms with E-state index in [0.29, 0.717) is 35.4 Å². The van der Waals surface area contributed by atoms with Gasteiger partial charge in [0.2, 0.25) is 0 Å². The van der Waals surface area contributed by atoms with Crippen molar-refractivity contribution in [3.63, 3.8) is 0 Å². The molecule has 156 valence electrons. The average Bonchev–Trinajstić information content (AvgIpc) is 3.29. The van der Waals surface area contributed by atoms with Gasteiger partial charge in [0.15, 0.2) is 11.3 Å². The van der Waals surface area contributed by atoms with E-state index in [1.807, 2.05) is 25.1 Å². The lowest BCUT2D eigenvalue weighted by atomic mass is 10.0. The van der Waals surface area contributed by atoms with E-state index in [4.69, 9.17) is 9.15 Å². The van der Waals surface area contributed by atoms with Gasteiger partial charge in [-0.15, -0.1) is 0 Å². The van der Waals surface area contributed by atoms with Crippen molar-refractivity contribution in [3.8, 4) is 0 Å². The highest BCUT2D eigenvalue weighted by Gasteiger charge is 2.18. The van der Waals surface area contributed by atoms with Gasteiger partial charge in [-0.05, 0) is 55.5 Å². The van der Waals surface area contributed by atoms with E-state index >= 15 is 0 Å². The zero-order chi connectivity index (χ0) is 21.1. The molecule has 30 heavy (non-hydrogen) atoms. The van der Waals surface area contributed by atoms with Gasteiger partial charge in [0, 0.05) is 31.4 Å². The summed E-state index contributed by atoms with van der Waals surface area (Å²) in [5.41, 5.74) is 3.86. The zero-order valence-corrected chi connectivity index (χ0v) is 17.4. The number of esters is 1. The van der Waals surface area contributed by atoms with E-state index in [9.17, 15) is 9.59 Å². The van der Waals surface area contributed by atoms with Crippen LogP contribution >= 0.6 is 0 Å². The van der Waals surface area contributed by atoms with Crippen molar-refractivity contribution in [3.05, 3.63) is 69.4 Å². The highest BCUT2D eigenvalue weighted by Crippen LogP contribution is 2.26. The zero-order valence-electron chi connectivity index (χ0n) is 17.4. The smallest absolute Gasteiger partial charge is 0.339 e. The first kappa shape index (κ1) is 20.0. The monoisotopic (exact) mass is 406 g/mol. The number of nitrogens with zero attached hydrogens (tertiary/aromatic N) is 1. The molecule has 0 spiro atoms. The molecule has 2 aromatic carbocycles. The molecule has 4 rings (SSSR count). The lowest BCUT2D eigenvalue weighted by molar-refractivity contribution is 0.0602. The van der Waals surface area contributed by atoms with Crippen molar-refractivity contribution in [1.82, 2.24) is 0 Å². The Hall–Kier alpha value is -3.28. The summed E-state index contributed by atoms with van der Waals surface area (Å²) in [4.78, 5) is 26.9. The standard InChI is InChI=1S/C24H26N2O4/c1-16-13-17(9-10-25-20-8-4-3-7-18(20)24(28)29-2)23-19(14-16)21(27)15-22(30-23)26-11-5-6-12-26/h3-4,7-8,13-15,25H,5-6,9-12H2,1-2H3. The number of hydrogen-bond donors (Lipinski definition) is 1. The summed E-state index contributed by atoms with van der Waals surface area (Å²) in [5, 5.41) is 3.93. The third-order valence-electron chi connectivity index (χ3n) is 5.50. The Morgan fingerprint density at radius 3 is 2.70 bits per heavy atom. The Bertz CT molecular complexity index is 1130. The quantitative estimate of drug-likeness (QED) is 0.620. The molecule has 6 heteroatoms. The number of fused-ring (bicyclic) bond motifs is 1. The van der Waals surface area contributed by atoms with Crippen molar-refractivity contribution in [2.45, 2.75) is 26.2 Å². The SMILES string of the molecule is COC(=O)c1ccccc1NCCc1cc(C)cc2c(=O)cc(N3CCCC3)oc12. The predicted molar refractivity (Wildman–Crippen MR) is 119 cm³/mol. The van der Waals surface area contributed by atoms with Crippen LogP contribution in [0, 0.1) is 6.92 Å². The highest BCUT2D eigenvalue weighted by molar-refractivity contribution is 5.95. The first-order valence-corrected chi connectivity index (χ1v) is 10.3. The molecule has 0 aliphatic carbocycles. The molecule has 6 nitrogen and oxygen atoms in total. The fourth-order valence-electron chi connectivity index (χ4n) is 4.01. The molecule has 0 radical (unpaired) electrons. The minimum absolute atomic E-state index is 0.00732. The Morgan fingerprint density at radius 2 is 1.93 bits per heavy atom. The van der Waals surface area contributed by atoms with Gasteiger partial charge < -0.3 is 19.4 Å². The van der Waals surface area contributed by atoms with E-state index < -0.39 is 0 Å². The number of anilines is 2. The summed E-state index contributed by atoms with van der Waals surface area (Å²) in [6, 6.07) is 12.8. The van der Waals surface area contributed by atoms with Crippen LogP contribution in [0.25, 0.3) is 11.0 Å². The van der Waals surface area contributed by atoms with E-state index in [1.54, 1.807) is 18.2 Å². The van der Waals surface area contributed by atoms with Gasteiger partial charge in [-0.3, -0.25) is 4.79 Å². The number of aryl methyl sites for hydroxylation is 1. The van der Waals surface area contributed by atoms with Crippen LogP contribution in [0.2, 0.25) is 0 Å². The van der Waals surface area contributed by atoms with Crippen molar-refractivity contribution in [2.24, 2.45) is 0 Å². The Balaban J connectivity index is 1.61. The van der Waals surface area contributed by atoms with Crippen LogP contribution < -0.4 is 15.6 Å². The van der Waals surface area contributed by atoms with E-state index in [1.165, 1.54) is 7.11 Å². The van der Waals surface area contributed by atoms with Gasteiger partial charge in [0.25, 0.3) is 0 Å². The van der Waals surface area contributed by atoms with Crippen LogP contribution in [0.3, 0.4) is 0 Å². The largest absolute Gasteiger partial charge is 0.465 e. The molecular formula is C24H26N2O4. The van der Waals surface area contributed by atoms with Crippen molar-refractivity contribution >= 4 is 28.5 Å². The van der Waals surface area contributed by atoms with E-state index in [0.717, 1.165) is 42.7 Å². The molecule has 1 fully saturated rings. The minimum Gasteiger partial charge on any atom is -0.465 e. The molecule has 1 saturated heterocycles. The maximum absolute atomic E-state index is 12.8. The fourth-order valence-corrected chi connectivity index (χ4v) is 4.01. The topological polar surface area (TPSA) is 71.8 Å². The van der Waals surface area contributed by atoms with Crippen LogP contribution in [0.5, 0.6) is 0 Å². The van der Waals surface area contributed by atoms with Crippen molar-refractivity contribution in [1.29, 1.82) is 0 Å². The molecule has 1 aliphatic heterocycles. The van der Waals surface area contributed by atoms with Crippen molar-refractivity contribution < 1.29 is 13.9 Å². The molecule has 0 unspecified atom stereocenters. The summed E-state index contributed by atoms with van der Waals surface area (Å²) in [7, 11) is 1.37. The van der Waals surface area contributed by atoms with Crippen LogP contribution in [-0.4, -0.2) is 32.7 Å². The fraction of sp³-hybridized carbons (Fsp3) is 0.333. The number of carbonyl (C=O) groups is 1. The first-order chi connectivity index (χ1) is 14.6. The lowest BCUT2D eigenvalue weighted by Gasteiger charge is -2.17. The Morgan fingerprint density at radius 1 is 1.17 bits per heavy atom. The summed E-state index contributed by atoms with van der Waals surface area (Å²) in [6.07, 6.45) is 2.89. The molecule has 1 N–H and O–H groups in total. The summed E-state index contributed by atoms with van der Waals surface area (Å²) in [5.74, 6) is 0.277. The third kappa shape index (κ3) is 4.03. The second-order valence-electron chi connectivity index (χ2n) is 7.66. The normalized spacial score (nSPS) is 13.6. The number of carbonyl (C=O) groups excluding carboxylic acids is 1. The van der Waals surface area contributed by atoms with Gasteiger partial charge in [-0.25, -0.2) is 4.79 Å². The number of para-hydroxylation sites is 1. The Labute approximate surface area is 175 Å². The number of nitrogens with one attached hydrogen (secondary N) is 1. The molecule has 2 heterocycles. The number of rotatable bonds is 6. The first-order valence-electron chi connectivity index (χ1n) is 10.3. The second kappa shape index (κ2) is 8.61. The molecule has 0 bridgehead atoms. The van der Waals surface area contributed by atoms with Gasteiger partial charge in [-0.1, -0.05) is 18.2 Å². The van der Waals surface area contributed by atoms with Gasteiger partial charge in [-0.2, -0.15) is 0 Å². The molecular weight excluding hydrogens is 380 g/mol. The predicted octanol–water partition coefficient (Wildman–Crippen LogP) is 4.14. The molecule has 1 aromatic heterocycles. The van der Waals surface area contributed by atoms with Crippen LogP contribution in [0.4, 0.5) is 11.6 Å². The van der Waals surface area contributed by atoms with Gasteiger partial charge in [0.1, 0.15) is 5.58 Å². The number of ether oxygens (including phenoxy) is 1. The maximum Gasteiger partial charge on any atom is 0.339 e. The highest BCUT2D eigenvalue weighted by atomic mass is 16.5. The summed E-state index contributed by atoms with van der Waals surface area (Å²) >= 11 is 0. The van der Waals surface area contributed by atoms with Crippen LogP contribution in [-0.2, 0) is 11.2 Å². The summed E-state index contributed by atoms with van der Waals surface area (Å²) < 4.78 is 11.1. The van der Waals surface area contributed by atoms with Crippen LogP contribution in [0.1, 0.15) is 34.3 Å². The minimum atomic E-state index is -0.375. The average molecular weight is 406 g/mol. The number of methoxy groups -OCH3 is 1. The molecule has 3 aromatic rings. The molecule has 0 atom stereocenters. The summed E-state index contributed by atoms with van der Waals surface area (Å²) in [6.45, 7) is 4.41. The maximum atomic E-state index is 12.8. The third-order valence-corrected chi connectivity index (χ3v) is 5.50. The van der Waals surface area contributed by atoms with Gasteiger partial charge in [0.05, 0.1) is 18.1 Å². The Kier molecular flexibility index (Phi) is 5.74. The second-order valence-corrected chi connectivity index (χ2v) is 7.66. The molecule has 1 aliphatic rings. The van der Waals surface area contributed by atoms with Crippen LogP contribution in [0.15, 0.2) is 51.7 Å². The van der Waals surface area contributed by atoms with E-state index in [2.05, 4.69) is 16.3 Å². The molecule has 0 amide bonds. The molecule has 0 saturated carbocycles. The number of benzene rings is 2. The van der Waals surface area contributed by atoms with Gasteiger partial charge >= 0.3 is 5.97 Å². The number of hydrogen-bond acceptors (Lipinski definition) is 6. The van der Waals surface area contributed by atoms with Crippen molar-refractivity contribution in [2.75, 3.05) is 37.0 Å². The van der Waals surface area contributed by atoms with E-state index in [-0.39, 0.29) is 11.4 Å².